The minimum atomic E-state index is 0.264. The molecule has 2 rings (SSSR count). The van der Waals surface area contributed by atoms with Crippen LogP contribution in [0.3, 0.4) is 0 Å². The summed E-state index contributed by atoms with van der Waals surface area (Å²) in [7, 11) is 0. The van der Waals surface area contributed by atoms with Crippen molar-refractivity contribution in [3.05, 3.63) is 52.8 Å². The molecule has 3 heteroatoms. The lowest BCUT2D eigenvalue weighted by Gasteiger charge is -2.06. The summed E-state index contributed by atoms with van der Waals surface area (Å²) in [6.07, 6.45) is 0. The predicted octanol–water partition coefficient (Wildman–Crippen LogP) is 3.77. The van der Waals surface area contributed by atoms with Crippen molar-refractivity contribution >= 4 is 38.4 Å². The molecule has 0 bridgehead atoms. The molecule has 0 aliphatic carbocycles. The first-order valence-corrected chi connectivity index (χ1v) is 5.06. The van der Waals surface area contributed by atoms with E-state index in [2.05, 4.69) is 20.9 Å². The smallest absolute Gasteiger partial charge is 0.0731 e. The number of fused-ring (bicyclic) bond motifs is 1. The third-order valence-corrected chi connectivity index (χ3v) is 2.85. The van der Waals surface area contributed by atoms with Gasteiger partial charge in [0.2, 0.25) is 0 Å². The molecule has 1 nitrogen and oxygen atoms in total. The van der Waals surface area contributed by atoms with Gasteiger partial charge in [-0.15, -0.1) is 0 Å². The van der Waals surface area contributed by atoms with Gasteiger partial charge in [-0.2, -0.15) is 0 Å². The number of benzene rings is 1. The van der Waals surface area contributed by atoms with E-state index in [9.17, 15) is 0 Å². The second-order valence-corrected chi connectivity index (χ2v) is 4.18. The Bertz CT molecular complexity index is 508. The molecular weight excluding hydrogens is 261 g/mol. The van der Waals surface area contributed by atoms with Gasteiger partial charge < -0.3 is 0 Å². The van der Waals surface area contributed by atoms with E-state index in [1.165, 1.54) is 0 Å². The van der Waals surface area contributed by atoms with Crippen molar-refractivity contribution in [2.75, 3.05) is 0 Å². The summed E-state index contributed by atoms with van der Waals surface area (Å²) in [5.74, 6) is 0. The number of halogens is 2. The largest absolute Gasteiger partial charge is 0.252 e. The Balaban J connectivity index is 2.91. The minimum Gasteiger partial charge on any atom is -0.252 e. The molecule has 0 unspecified atom stereocenters. The summed E-state index contributed by atoms with van der Waals surface area (Å²) in [6.45, 7) is 11.3. The number of nitrogens with zero attached hydrogens (tertiary/aromatic N) is 1. The fourth-order valence-corrected chi connectivity index (χ4v) is 1.84. The standard InChI is InChI=1S/C11H5BrClN/c1-6-7(2)14-10-5-8(12)3-4-9(10)11(6)13/h1-5H. The highest BCUT2D eigenvalue weighted by Gasteiger charge is 2.07. The van der Waals surface area contributed by atoms with Crippen LogP contribution in [0.4, 0.5) is 0 Å². The topological polar surface area (TPSA) is 12.9 Å². The van der Waals surface area contributed by atoms with Crippen LogP contribution in [-0.2, 0) is 0 Å². The Labute approximate surface area is 96.2 Å². The number of pyridine rings is 1. The zero-order valence-electron chi connectivity index (χ0n) is 7.09. The van der Waals surface area contributed by atoms with Crippen LogP contribution in [0.2, 0.25) is 5.02 Å². The first-order valence-electron chi connectivity index (χ1n) is 3.89. The first kappa shape index (κ1) is 9.94. The Morgan fingerprint density at radius 3 is 2.71 bits per heavy atom. The Morgan fingerprint density at radius 1 is 1.29 bits per heavy atom. The van der Waals surface area contributed by atoms with Gasteiger partial charge in [0, 0.05) is 23.7 Å². The average Bonchev–Trinajstić information content (AvgIpc) is 2.14. The summed E-state index contributed by atoms with van der Waals surface area (Å²) in [6, 6.07) is 5.58. The Morgan fingerprint density at radius 2 is 2.00 bits per heavy atom. The highest BCUT2D eigenvalue weighted by molar-refractivity contribution is 9.10. The molecule has 0 atom stereocenters. The minimum absolute atomic E-state index is 0.264. The molecule has 4 radical (unpaired) electrons. The van der Waals surface area contributed by atoms with E-state index in [1.54, 1.807) is 0 Å². The van der Waals surface area contributed by atoms with Crippen LogP contribution < -0.4 is 0 Å². The summed E-state index contributed by atoms with van der Waals surface area (Å²) < 4.78 is 0.928. The van der Waals surface area contributed by atoms with Crippen molar-refractivity contribution in [2.45, 2.75) is 0 Å². The second-order valence-electron chi connectivity index (χ2n) is 2.89. The van der Waals surface area contributed by atoms with Crippen molar-refractivity contribution in [3.8, 4) is 0 Å². The molecule has 0 saturated heterocycles. The first-order chi connectivity index (χ1) is 6.59. The number of hydrogen-bond donors (Lipinski definition) is 0. The van der Waals surface area contributed by atoms with E-state index < -0.39 is 0 Å². The maximum atomic E-state index is 6.02. The highest BCUT2D eigenvalue weighted by atomic mass is 79.9. The molecule has 1 aromatic carbocycles. The molecule has 68 valence electrons. The summed E-state index contributed by atoms with van der Waals surface area (Å²) >= 11 is 9.37. The highest BCUT2D eigenvalue weighted by Crippen LogP contribution is 2.28. The van der Waals surface area contributed by atoms with Crippen molar-refractivity contribution in [3.63, 3.8) is 0 Å². The molecule has 2 aromatic rings. The van der Waals surface area contributed by atoms with Gasteiger partial charge in [0.15, 0.2) is 0 Å². The molecule has 14 heavy (non-hydrogen) atoms. The van der Waals surface area contributed by atoms with Crippen molar-refractivity contribution in [2.24, 2.45) is 0 Å². The van der Waals surface area contributed by atoms with Crippen molar-refractivity contribution in [1.29, 1.82) is 0 Å². The third kappa shape index (κ3) is 1.53. The van der Waals surface area contributed by atoms with E-state index >= 15 is 0 Å². The average molecular weight is 267 g/mol. The summed E-state index contributed by atoms with van der Waals surface area (Å²) in [5.41, 5.74) is 1.33. The third-order valence-electron chi connectivity index (χ3n) is 1.95. The normalized spacial score (nSPS) is 10.9. The molecule has 0 amide bonds. The van der Waals surface area contributed by atoms with Gasteiger partial charge >= 0.3 is 0 Å². The molecule has 0 aliphatic rings. The zero-order valence-corrected chi connectivity index (χ0v) is 9.43. The second kappa shape index (κ2) is 3.52. The molecular formula is C11H5BrClN. The lowest BCUT2D eigenvalue weighted by Crippen LogP contribution is -1.90. The SMILES string of the molecule is [CH]c1nc2cc(Br)ccc2c(Cl)c1[CH]. The van der Waals surface area contributed by atoms with Gasteiger partial charge in [-0.05, 0) is 17.7 Å². The number of hydrogen-bond acceptors (Lipinski definition) is 1. The van der Waals surface area contributed by atoms with E-state index in [-0.39, 0.29) is 5.69 Å². The molecule has 0 N–H and O–H groups in total. The maximum Gasteiger partial charge on any atom is 0.0731 e. The van der Waals surface area contributed by atoms with Crippen LogP contribution in [0, 0.1) is 13.8 Å². The van der Waals surface area contributed by atoms with E-state index in [4.69, 9.17) is 25.4 Å². The van der Waals surface area contributed by atoms with Crippen molar-refractivity contribution in [1.82, 2.24) is 4.98 Å². The van der Waals surface area contributed by atoms with Gasteiger partial charge in [0.05, 0.1) is 16.2 Å². The Hall–Kier alpha value is -0.600. The molecule has 1 heterocycles. The van der Waals surface area contributed by atoms with Gasteiger partial charge in [-0.3, -0.25) is 4.98 Å². The quantitative estimate of drug-likeness (QED) is 0.707. The molecule has 0 fully saturated rings. The van der Waals surface area contributed by atoms with E-state index in [0.717, 1.165) is 15.4 Å². The maximum absolute atomic E-state index is 6.02. The molecule has 0 saturated carbocycles. The van der Waals surface area contributed by atoms with Gasteiger partial charge in [-0.1, -0.05) is 33.6 Å². The zero-order chi connectivity index (χ0) is 10.3. The van der Waals surface area contributed by atoms with Crippen LogP contribution in [0.5, 0.6) is 0 Å². The summed E-state index contributed by atoms with van der Waals surface area (Å²) in [4.78, 5) is 4.14. The van der Waals surface area contributed by atoms with Gasteiger partial charge in [-0.25, -0.2) is 0 Å². The molecule has 0 spiro atoms. The van der Waals surface area contributed by atoms with Crippen molar-refractivity contribution < 1.29 is 0 Å². The molecule has 1 aromatic heterocycles. The number of rotatable bonds is 0. The van der Waals surface area contributed by atoms with Crippen LogP contribution in [-0.4, -0.2) is 4.98 Å². The fraction of sp³-hybridized carbons (Fsp3) is 0. The number of aromatic nitrogens is 1. The van der Waals surface area contributed by atoms with E-state index in [1.807, 2.05) is 18.2 Å². The monoisotopic (exact) mass is 265 g/mol. The van der Waals surface area contributed by atoms with Gasteiger partial charge in [0.25, 0.3) is 0 Å². The summed E-state index contributed by atoms with van der Waals surface area (Å²) in [5, 5.41) is 1.27. The fourth-order valence-electron chi connectivity index (χ4n) is 1.23. The lowest BCUT2D eigenvalue weighted by atomic mass is 10.1. The van der Waals surface area contributed by atoms with Crippen LogP contribution in [0.15, 0.2) is 22.7 Å². The Kier molecular flexibility index (Phi) is 2.50. The van der Waals surface area contributed by atoms with Crippen LogP contribution in [0.25, 0.3) is 10.9 Å². The van der Waals surface area contributed by atoms with Crippen LogP contribution >= 0.6 is 27.5 Å². The predicted molar refractivity (Wildman–Crippen MR) is 61.3 cm³/mol. The molecule has 0 aliphatic heterocycles. The van der Waals surface area contributed by atoms with Gasteiger partial charge in [0.1, 0.15) is 0 Å². The van der Waals surface area contributed by atoms with E-state index in [0.29, 0.717) is 10.6 Å². The lowest BCUT2D eigenvalue weighted by molar-refractivity contribution is 1.31. The van der Waals surface area contributed by atoms with Crippen LogP contribution in [0.1, 0.15) is 11.3 Å².